The van der Waals surface area contributed by atoms with Crippen molar-refractivity contribution in [3.8, 4) is 11.5 Å². The zero-order chi connectivity index (χ0) is 19.4. The molecule has 0 radical (unpaired) electrons. The number of hydrogen-bond donors (Lipinski definition) is 1. The predicted octanol–water partition coefficient (Wildman–Crippen LogP) is 4.29. The number of benzene rings is 2. The third kappa shape index (κ3) is 3.90. The SMILES string of the molecule is CCOC(=O)c1c(C(=O)O)c(OC(C)C)c2ccccc2c1OC(C)C. The van der Waals surface area contributed by atoms with E-state index in [1.54, 1.807) is 45.0 Å². The molecule has 26 heavy (non-hydrogen) atoms. The minimum Gasteiger partial charge on any atom is -0.489 e. The summed E-state index contributed by atoms with van der Waals surface area (Å²) in [5.41, 5.74) is -0.367. The molecule has 6 heteroatoms. The normalized spacial score (nSPS) is 11.0. The number of fused-ring (bicyclic) bond motifs is 1. The van der Waals surface area contributed by atoms with Crippen molar-refractivity contribution in [2.45, 2.75) is 46.8 Å². The van der Waals surface area contributed by atoms with Gasteiger partial charge in [-0.15, -0.1) is 0 Å². The number of aromatic carboxylic acids is 1. The van der Waals surface area contributed by atoms with Gasteiger partial charge in [-0.3, -0.25) is 0 Å². The molecule has 2 aromatic carbocycles. The van der Waals surface area contributed by atoms with Crippen molar-refractivity contribution in [3.05, 3.63) is 35.4 Å². The van der Waals surface area contributed by atoms with Crippen molar-refractivity contribution in [2.75, 3.05) is 6.61 Å². The molecule has 0 aliphatic heterocycles. The van der Waals surface area contributed by atoms with E-state index in [1.807, 2.05) is 13.8 Å². The van der Waals surface area contributed by atoms with Crippen LogP contribution in [0.5, 0.6) is 11.5 Å². The first kappa shape index (κ1) is 19.6. The molecule has 2 aromatic rings. The summed E-state index contributed by atoms with van der Waals surface area (Å²) in [5, 5.41) is 11.0. The van der Waals surface area contributed by atoms with Gasteiger partial charge >= 0.3 is 11.9 Å². The summed E-state index contributed by atoms with van der Waals surface area (Å²) in [5.74, 6) is -1.69. The van der Waals surface area contributed by atoms with E-state index in [0.717, 1.165) is 0 Å². The number of carbonyl (C=O) groups excluding carboxylic acids is 1. The third-order valence-electron chi connectivity index (χ3n) is 3.52. The van der Waals surface area contributed by atoms with Crippen LogP contribution >= 0.6 is 0 Å². The molecule has 2 rings (SSSR count). The highest BCUT2D eigenvalue weighted by molar-refractivity contribution is 6.14. The molecule has 140 valence electrons. The van der Waals surface area contributed by atoms with Crippen LogP contribution in [-0.2, 0) is 4.74 Å². The Morgan fingerprint density at radius 1 is 0.923 bits per heavy atom. The number of ether oxygens (including phenoxy) is 3. The molecule has 0 aromatic heterocycles. The molecule has 0 bridgehead atoms. The van der Waals surface area contributed by atoms with E-state index >= 15 is 0 Å². The predicted molar refractivity (Wildman–Crippen MR) is 98.4 cm³/mol. The lowest BCUT2D eigenvalue weighted by Crippen LogP contribution is -2.19. The Hall–Kier alpha value is -2.76. The first-order valence-corrected chi connectivity index (χ1v) is 8.60. The Morgan fingerprint density at radius 2 is 1.38 bits per heavy atom. The van der Waals surface area contributed by atoms with Gasteiger partial charge in [0.15, 0.2) is 0 Å². The monoisotopic (exact) mass is 360 g/mol. The quantitative estimate of drug-likeness (QED) is 0.742. The fraction of sp³-hybridized carbons (Fsp3) is 0.400. The highest BCUT2D eigenvalue weighted by Gasteiger charge is 2.31. The highest BCUT2D eigenvalue weighted by Crippen LogP contribution is 2.42. The highest BCUT2D eigenvalue weighted by atomic mass is 16.5. The van der Waals surface area contributed by atoms with Gasteiger partial charge < -0.3 is 19.3 Å². The minimum absolute atomic E-state index is 0.117. The number of carbonyl (C=O) groups is 2. The first-order chi connectivity index (χ1) is 12.3. The van der Waals surface area contributed by atoms with E-state index in [9.17, 15) is 14.7 Å². The van der Waals surface area contributed by atoms with Crippen LogP contribution in [-0.4, -0.2) is 35.9 Å². The van der Waals surface area contributed by atoms with Crippen LogP contribution in [0, 0.1) is 0 Å². The van der Waals surface area contributed by atoms with Crippen LogP contribution < -0.4 is 9.47 Å². The average molecular weight is 360 g/mol. The molecule has 0 spiro atoms. The molecule has 0 aliphatic carbocycles. The van der Waals surface area contributed by atoms with Crippen LogP contribution in [0.1, 0.15) is 55.3 Å². The molecule has 0 saturated heterocycles. The Kier molecular flexibility index (Phi) is 6.08. The molecular formula is C20H24O6. The molecule has 0 atom stereocenters. The summed E-state index contributed by atoms with van der Waals surface area (Å²) in [7, 11) is 0. The van der Waals surface area contributed by atoms with E-state index < -0.39 is 11.9 Å². The van der Waals surface area contributed by atoms with Crippen LogP contribution in [0.4, 0.5) is 0 Å². The molecule has 1 N–H and O–H groups in total. The first-order valence-electron chi connectivity index (χ1n) is 8.60. The summed E-state index contributed by atoms with van der Waals surface area (Å²) in [6.45, 7) is 8.98. The lowest BCUT2D eigenvalue weighted by atomic mass is 9.97. The van der Waals surface area contributed by atoms with E-state index in [0.29, 0.717) is 10.8 Å². The zero-order valence-corrected chi connectivity index (χ0v) is 15.7. The molecule has 0 unspecified atom stereocenters. The van der Waals surface area contributed by atoms with Crippen molar-refractivity contribution in [2.24, 2.45) is 0 Å². The number of rotatable bonds is 7. The van der Waals surface area contributed by atoms with E-state index in [1.165, 1.54) is 0 Å². The molecule has 0 fully saturated rings. The largest absolute Gasteiger partial charge is 0.489 e. The van der Waals surface area contributed by atoms with E-state index in [-0.39, 0.29) is 41.4 Å². The lowest BCUT2D eigenvalue weighted by molar-refractivity contribution is 0.0506. The molecule has 0 heterocycles. The van der Waals surface area contributed by atoms with Gasteiger partial charge in [-0.1, -0.05) is 24.3 Å². The van der Waals surface area contributed by atoms with Gasteiger partial charge in [0.05, 0.1) is 18.8 Å². The van der Waals surface area contributed by atoms with Crippen LogP contribution in [0.2, 0.25) is 0 Å². The summed E-state index contributed by atoms with van der Waals surface area (Å²) < 4.78 is 16.8. The standard InChI is InChI=1S/C20H24O6/c1-6-24-20(23)16-15(19(21)22)17(25-11(2)3)13-9-7-8-10-14(13)18(16)26-12(4)5/h7-12H,6H2,1-5H3,(H,21,22). The van der Waals surface area contributed by atoms with Gasteiger partial charge in [0.1, 0.15) is 22.6 Å². The molecule has 0 saturated carbocycles. The Bertz CT molecular complexity index is 823. The Morgan fingerprint density at radius 3 is 1.77 bits per heavy atom. The number of esters is 1. The number of carboxylic acids is 1. The van der Waals surface area contributed by atoms with Crippen molar-refractivity contribution in [1.29, 1.82) is 0 Å². The van der Waals surface area contributed by atoms with Gasteiger partial charge in [0.25, 0.3) is 0 Å². The molecule has 0 aliphatic rings. The zero-order valence-electron chi connectivity index (χ0n) is 15.7. The fourth-order valence-corrected chi connectivity index (χ4v) is 2.69. The second-order valence-electron chi connectivity index (χ2n) is 6.31. The number of carboxylic acid groups (broad SMARTS) is 1. The van der Waals surface area contributed by atoms with Crippen LogP contribution in [0.3, 0.4) is 0 Å². The smallest absolute Gasteiger partial charge is 0.342 e. The van der Waals surface area contributed by atoms with E-state index in [2.05, 4.69) is 0 Å². The fourth-order valence-electron chi connectivity index (χ4n) is 2.69. The van der Waals surface area contributed by atoms with Crippen molar-refractivity contribution in [1.82, 2.24) is 0 Å². The topological polar surface area (TPSA) is 82.1 Å². The van der Waals surface area contributed by atoms with Gasteiger partial charge in [0.2, 0.25) is 0 Å². The molecule has 0 amide bonds. The van der Waals surface area contributed by atoms with Gasteiger partial charge in [0, 0.05) is 10.8 Å². The van der Waals surface area contributed by atoms with Crippen molar-refractivity contribution >= 4 is 22.7 Å². The lowest BCUT2D eigenvalue weighted by Gasteiger charge is -2.22. The second-order valence-corrected chi connectivity index (χ2v) is 6.31. The summed E-state index contributed by atoms with van der Waals surface area (Å²) >= 11 is 0. The van der Waals surface area contributed by atoms with Crippen molar-refractivity contribution in [3.63, 3.8) is 0 Å². The van der Waals surface area contributed by atoms with E-state index in [4.69, 9.17) is 14.2 Å². The van der Waals surface area contributed by atoms with Crippen LogP contribution in [0.25, 0.3) is 10.8 Å². The molecule has 6 nitrogen and oxygen atoms in total. The van der Waals surface area contributed by atoms with Gasteiger partial charge in [-0.2, -0.15) is 0 Å². The Labute approximate surface area is 152 Å². The maximum absolute atomic E-state index is 12.6. The molecular weight excluding hydrogens is 336 g/mol. The summed E-state index contributed by atoms with van der Waals surface area (Å²) in [6, 6.07) is 7.10. The maximum Gasteiger partial charge on any atom is 0.342 e. The minimum atomic E-state index is -1.27. The van der Waals surface area contributed by atoms with Gasteiger partial charge in [-0.25, -0.2) is 9.59 Å². The third-order valence-corrected chi connectivity index (χ3v) is 3.52. The average Bonchev–Trinajstić information content (AvgIpc) is 2.55. The number of hydrogen-bond acceptors (Lipinski definition) is 5. The van der Waals surface area contributed by atoms with Gasteiger partial charge in [-0.05, 0) is 34.6 Å². The second kappa shape index (κ2) is 8.08. The summed E-state index contributed by atoms with van der Waals surface area (Å²) in [4.78, 5) is 24.7. The Balaban J connectivity index is 2.98. The summed E-state index contributed by atoms with van der Waals surface area (Å²) in [6.07, 6.45) is -0.534. The maximum atomic E-state index is 12.6. The van der Waals surface area contributed by atoms with Crippen LogP contribution in [0.15, 0.2) is 24.3 Å². The van der Waals surface area contributed by atoms with Crippen molar-refractivity contribution < 1.29 is 28.9 Å².